The van der Waals surface area contributed by atoms with Gasteiger partial charge in [-0.1, -0.05) is 41.6 Å². The van der Waals surface area contributed by atoms with Crippen LogP contribution in [-0.2, 0) is 9.53 Å². The highest BCUT2D eigenvalue weighted by Crippen LogP contribution is 2.30. The van der Waals surface area contributed by atoms with Gasteiger partial charge in [-0.3, -0.25) is 9.36 Å². The van der Waals surface area contributed by atoms with E-state index < -0.39 is 0 Å². The third-order valence-corrected chi connectivity index (χ3v) is 6.05. The van der Waals surface area contributed by atoms with Gasteiger partial charge in [0.1, 0.15) is 5.82 Å². The van der Waals surface area contributed by atoms with Gasteiger partial charge in [-0.05, 0) is 45.0 Å². The molecule has 1 saturated heterocycles. The molecule has 3 aromatic rings. The van der Waals surface area contributed by atoms with Crippen molar-refractivity contribution in [1.82, 2.24) is 19.7 Å². The van der Waals surface area contributed by atoms with Crippen molar-refractivity contribution < 1.29 is 13.9 Å². The lowest BCUT2D eigenvalue weighted by atomic mass is 10.2. The van der Waals surface area contributed by atoms with E-state index >= 15 is 0 Å². The summed E-state index contributed by atoms with van der Waals surface area (Å²) in [6, 6.07) is 14.3. The number of halogens is 1. The number of benzene rings is 2. The maximum absolute atomic E-state index is 14.5. The fourth-order valence-corrected chi connectivity index (χ4v) is 4.56. The van der Waals surface area contributed by atoms with Crippen molar-refractivity contribution in [2.45, 2.75) is 38.1 Å². The zero-order chi connectivity index (χ0) is 22.0. The number of amides is 1. The van der Waals surface area contributed by atoms with Crippen LogP contribution in [-0.4, -0.2) is 56.6 Å². The molecule has 1 aliphatic rings. The minimum atomic E-state index is -0.368. The molecule has 0 N–H and O–H groups in total. The number of hydrogen-bond donors (Lipinski definition) is 0. The van der Waals surface area contributed by atoms with Gasteiger partial charge in [0.25, 0.3) is 0 Å². The summed E-state index contributed by atoms with van der Waals surface area (Å²) < 4.78 is 22.0. The van der Waals surface area contributed by atoms with Gasteiger partial charge in [-0.2, -0.15) is 0 Å². The lowest BCUT2D eigenvalue weighted by molar-refractivity contribution is -0.140. The first kappa shape index (κ1) is 21.5. The van der Waals surface area contributed by atoms with Crippen LogP contribution in [0.25, 0.3) is 17.1 Å². The van der Waals surface area contributed by atoms with Gasteiger partial charge in [-0.15, -0.1) is 10.2 Å². The molecule has 2 aromatic carbocycles. The molecule has 162 valence electrons. The van der Waals surface area contributed by atoms with E-state index in [0.29, 0.717) is 29.6 Å². The topological polar surface area (TPSA) is 60.2 Å². The molecule has 2 heterocycles. The first-order valence-corrected chi connectivity index (χ1v) is 11.2. The number of carbonyl (C=O) groups excluding carboxylic acids is 1. The fourth-order valence-electron chi connectivity index (χ4n) is 3.71. The average molecular weight is 441 g/mol. The molecule has 0 unspecified atom stereocenters. The van der Waals surface area contributed by atoms with E-state index in [1.165, 1.54) is 17.8 Å². The monoisotopic (exact) mass is 440 g/mol. The van der Waals surface area contributed by atoms with Crippen LogP contribution < -0.4 is 0 Å². The van der Waals surface area contributed by atoms with Crippen LogP contribution >= 0.6 is 11.8 Å². The highest BCUT2D eigenvalue weighted by atomic mass is 32.2. The van der Waals surface area contributed by atoms with E-state index in [2.05, 4.69) is 10.2 Å². The smallest absolute Gasteiger partial charge is 0.233 e. The number of aryl methyl sites for hydroxylation is 1. The minimum absolute atomic E-state index is 0.0153. The normalized spacial score (nSPS) is 18.9. The van der Waals surface area contributed by atoms with E-state index in [4.69, 9.17) is 4.74 Å². The van der Waals surface area contributed by atoms with Crippen LogP contribution in [0.15, 0.2) is 53.7 Å². The number of rotatable bonds is 5. The van der Waals surface area contributed by atoms with Gasteiger partial charge >= 0.3 is 0 Å². The number of thioether (sulfide) groups is 1. The van der Waals surface area contributed by atoms with E-state index in [0.717, 1.165) is 11.3 Å². The van der Waals surface area contributed by atoms with Crippen molar-refractivity contribution in [2.24, 2.45) is 0 Å². The molecular weight excluding hydrogens is 415 g/mol. The van der Waals surface area contributed by atoms with Gasteiger partial charge in [-0.25, -0.2) is 4.39 Å². The first-order chi connectivity index (χ1) is 14.9. The van der Waals surface area contributed by atoms with E-state index in [1.807, 2.05) is 49.9 Å². The third kappa shape index (κ3) is 4.80. The Morgan fingerprint density at radius 1 is 1.10 bits per heavy atom. The third-order valence-electron chi connectivity index (χ3n) is 5.14. The molecular formula is C23H25FN4O2S. The molecule has 2 atom stereocenters. The minimum Gasteiger partial charge on any atom is -0.372 e. The van der Waals surface area contributed by atoms with Crippen LogP contribution in [0.1, 0.15) is 19.4 Å². The van der Waals surface area contributed by atoms with Crippen LogP contribution in [0, 0.1) is 12.7 Å². The second-order valence-electron chi connectivity index (χ2n) is 7.80. The van der Waals surface area contributed by atoms with E-state index in [1.54, 1.807) is 22.8 Å². The number of morpholine rings is 1. The maximum atomic E-state index is 14.5. The lowest BCUT2D eigenvalue weighted by Gasteiger charge is -2.35. The first-order valence-electron chi connectivity index (χ1n) is 10.3. The Hall–Kier alpha value is -2.71. The maximum Gasteiger partial charge on any atom is 0.233 e. The van der Waals surface area contributed by atoms with Crippen molar-refractivity contribution in [1.29, 1.82) is 0 Å². The largest absolute Gasteiger partial charge is 0.372 e. The predicted molar refractivity (Wildman–Crippen MR) is 119 cm³/mol. The highest BCUT2D eigenvalue weighted by Gasteiger charge is 2.27. The molecule has 1 fully saturated rings. The lowest BCUT2D eigenvalue weighted by Crippen LogP contribution is -2.48. The Bertz CT molecular complexity index is 1060. The molecule has 0 radical (unpaired) electrons. The second-order valence-corrected chi connectivity index (χ2v) is 8.74. The zero-order valence-corrected chi connectivity index (χ0v) is 18.6. The molecule has 31 heavy (non-hydrogen) atoms. The SMILES string of the molecule is Cc1ccc(-n2c(SCC(=O)N3C[C@@H](C)O[C@H](C)C3)nnc2-c2ccccc2F)cc1. The van der Waals surface area contributed by atoms with Crippen LogP contribution in [0.2, 0.25) is 0 Å². The molecule has 1 aliphatic heterocycles. The molecule has 0 bridgehead atoms. The van der Waals surface area contributed by atoms with Crippen molar-refractivity contribution in [2.75, 3.05) is 18.8 Å². The Balaban J connectivity index is 1.62. The summed E-state index contributed by atoms with van der Waals surface area (Å²) in [4.78, 5) is 14.6. The predicted octanol–water partition coefficient (Wildman–Crippen LogP) is 4.11. The van der Waals surface area contributed by atoms with Crippen LogP contribution in [0.4, 0.5) is 4.39 Å². The number of ether oxygens (including phenoxy) is 1. The van der Waals surface area contributed by atoms with Crippen LogP contribution in [0.5, 0.6) is 0 Å². The van der Waals surface area contributed by atoms with E-state index in [9.17, 15) is 9.18 Å². The number of hydrogen-bond acceptors (Lipinski definition) is 5. The van der Waals surface area contributed by atoms with E-state index in [-0.39, 0.29) is 29.7 Å². The van der Waals surface area contributed by atoms with Crippen molar-refractivity contribution in [3.63, 3.8) is 0 Å². The molecule has 0 saturated carbocycles. The Labute approximate surface area is 185 Å². The highest BCUT2D eigenvalue weighted by molar-refractivity contribution is 7.99. The molecule has 6 nitrogen and oxygen atoms in total. The summed E-state index contributed by atoms with van der Waals surface area (Å²) in [7, 11) is 0. The number of nitrogens with zero attached hydrogens (tertiary/aromatic N) is 4. The average Bonchev–Trinajstić information content (AvgIpc) is 3.16. The Morgan fingerprint density at radius 3 is 2.45 bits per heavy atom. The van der Waals surface area contributed by atoms with Gasteiger partial charge in [0.15, 0.2) is 11.0 Å². The summed E-state index contributed by atoms with van der Waals surface area (Å²) in [5, 5.41) is 9.11. The molecule has 4 rings (SSSR count). The Kier molecular flexibility index (Phi) is 6.38. The van der Waals surface area contributed by atoms with Gasteiger partial charge in [0.05, 0.1) is 23.5 Å². The van der Waals surface area contributed by atoms with Gasteiger partial charge in [0, 0.05) is 18.8 Å². The molecule has 0 spiro atoms. The number of carbonyl (C=O) groups is 1. The molecule has 8 heteroatoms. The standard InChI is InChI=1S/C23H25FN4O2S/c1-15-8-10-18(11-9-15)28-22(19-6-4-5-7-20(19)24)25-26-23(28)31-14-21(29)27-12-16(2)30-17(3)13-27/h4-11,16-17H,12-14H2,1-3H3/t16-,17-/m1/s1. The summed E-state index contributed by atoms with van der Waals surface area (Å²) in [5.74, 6) is 0.288. The van der Waals surface area contributed by atoms with Gasteiger partial charge < -0.3 is 9.64 Å². The summed E-state index contributed by atoms with van der Waals surface area (Å²) in [6.07, 6.45) is 0.0307. The molecule has 0 aliphatic carbocycles. The Morgan fingerprint density at radius 2 is 1.77 bits per heavy atom. The summed E-state index contributed by atoms with van der Waals surface area (Å²) >= 11 is 1.31. The summed E-state index contributed by atoms with van der Waals surface area (Å²) in [5.41, 5.74) is 2.30. The second kappa shape index (κ2) is 9.20. The van der Waals surface area contributed by atoms with Crippen LogP contribution in [0.3, 0.4) is 0 Å². The van der Waals surface area contributed by atoms with Crippen molar-refractivity contribution in [3.8, 4) is 17.1 Å². The quantitative estimate of drug-likeness (QED) is 0.559. The fraction of sp³-hybridized carbons (Fsp3) is 0.348. The summed E-state index contributed by atoms with van der Waals surface area (Å²) in [6.45, 7) is 7.10. The molecule has 1 aromatic heterocycles. The molecule has 1 amide bonds. The van der Waals surface area contributed by atoms with Crippen molar-refractivity contribution >= 4 is 17.7 Å². The zero-order valence-electron chi connectivity index (χ0n) is 17.8. The van der Waals surface area contributed by atoms with Crippen molar-refractivity contribution in [3.05, 3.63) is 59.9 Å². The van der Waals surface area contributed by atoms with Gasteiger partial charge in [0.2, 0.25) is 5.91 Å². The number of aromatic nitrogens is 3.